The van der Waals surface area contributed by atoms with Crippen LogP contribution in [0.5, 0.6) is 0 Å². The molecule has 1 amide bonds. The summed E-state index contributed by atoms with van der Waals surface area (Å²) in [6.45, 7) is 2.29. The van der Waals surface area contributed by atoms with Gasteiger partial charge >= 0.3 is 5.97 Å². The average molecular weight is 387 g/mol. The molecule has 1 aliphatic rings. The van der Waals surface area contributed by atoms with Gasteiger partial charge in [0, 0.05) is 24.1 Å². The molecule has 1 N–H and O–H groups in total. The number of rotatable bonds is 4. The number of hydrogen-bond donors (Lipinski definition) is 1. The first kappa shape index (κ1) is 19.2. The summed E-state index contributed by atoms with van der Waals surface area (Å²) < 4.78 is 38.0. The van der Waals surface area contributed by atoms with E-state index in [0.717, 1.165) is 19.1 Å². The molecule has 2 aromatic rings. The molecule has 144 valence electrons. The topological polar surface area (TPSA) is 81.7 Å². The monoisotopic (exact) mass is 387 g/mol. The minimum Gasteiger partial charge on any atom is -0.456 e. The van der Waals surface area contributed by atoms with Gasteiger partial charge in [-0.15, -0.1) is 0 Å². The Morgan fingerprint density at radius 2 is 1.79 bits per heavy atom. The van der Waals surface area contributed by atoms with Gasteiger partial charge in [0.2, 0.25) is 17.2 Å². The lowest BCUT2D eigenvalue weighted by atomic mass is 9.91. The van der Waals surface area contributed by atoms with Crippen LogP contribution in [-0.2, 0) is 24.7 Å². The van der Waals surface area contributed by atoms with Crippen LogP contribution < -0.4 is 5.32 Å². The lowest BCUT2D eigenvalue weighted by molar-refractivity contribution is -0.142. The normalized spacial score (nSPS) is 18.6. The highest BCUT2D eigenvalue weighted by Crippen LogP contribution is 2.39. The number of ketones is 1. The molecule has 28 heavy (non-hydrogen) atoms. The Labute approximate surface area is 158 Å². The van der Waals surface area contributed by atoms with E-state index in [-0.39, 0.29) is 11.1 Å². The minimum absolute atomic E-state index is 0.259. The number of amides is 1. The van der Waals surface area contributed by atoms with Crippen molar-refractivity contribution < 1.29 is 32.6 Å². The van der Waals surface area contributed by atoms with Crippen molar-refractivity contribution in [1.82, 2.24) is 5.32 Å². The van der Waals surface area contributed by atoms with E-state index < -0.39 is 46.5 Å². The van der Waals surface area contributed by atoms with Gasteiger partial charge in [-0.2, -0.15) is 0 Å². The van der Waals surface area contributed by atoms with E-state index in [1.807, 2.05) is 0 Å². The third-order valence-electron chi connectivity index (χ3n) is 4.11. The smallest absolute Gasteiger partial charge is 0.308 e. The lowest BCUT2D eigenvalue weighted by Crippen LogP contribution is -2.33. The fraction of sp³-hybridized carbons (Fsp3) is 0.150. The number of nitrogens with one attached hydrogen (secondary N) is 1. The van der Waals surface area contributed by atoms with Gasteiger partial charge in [0.05, 0.1) is 0 Å². The van der Waals surface area contributed by atoms with Gasteiger partial charge in [0.25, 0.3) is 11.7 Å². The zero-order valence-electron chi connectivity index (χ0n) is 14.9. The van der Waals surface area contributed by atoms with Gasteiger partial charge in [-0.25, -0.2) is 8.78 Å². The molecule has 1 heterocycles. The maximum Gasteiger partial charge on any atom is 0.308 e. The summed E-state index contributed by atoms with van der Waals surface area (Å²) in [5, 5.41) is 2.36. The van der Waals surface area contributed by atoms with Gasteiger partial charge in [-0.05, 0) is 31.2 Å². The summed E-state index contributed by atoms with van der Waals surface area (Å²) in [5.74, 6) is -5.20. The molecule has 1 unspecified atom stereocenters. The Bertz CT molecular complexity index is 1000. The van der Waals surface area contributed by atoms with E-state index in [2.05, 4.69) is 5.32 Å². The van der Waals surface area contributed by atoms with E-state index in [9.17, 15) is 23.2 Å². The summed E-state index contributed by atoms with van der Waals surface area (Å²) >= 11 is 0. The first-order valence-corrected chi connectivity index (χ1v) is 8.21. The molecule has 0 saturated carbocycles. The number of Topliss-reactive ketones (excluding diaryl/α,β-unsaturated/α-hetero) is 1. The van der Waals surface area contributed by atoms with Crippen molar-refractivity contribution in [3.63, 3.8) is 0 Å². The van der Waals surface area contributed by atoms with E-state index >= 15 is 0 Å². The highest BCUT2D eigenvalue weighted by molar-refractivity contribution is 6.05. The highest BCUT2D eigenvalue weighted by Gasteiger charge is 2.51. The zero-order valence-corrected chi connectivity index (χ0v) is 14.9. The van der Waals surface area contributed by atoms with Crippen LogP contribution in [0.3, 0.4) is 0 Å². The van der Waals surface area contributed by atoms with Crippen molar-refractivity contribution in [3.8, 4) is 0 Å². The van der Waals surface area contributed by atoms with E-state index in [1.165, 1.54) is 19.1 Å². The Hall–Kier alpha value is -3.55. The van der Waals surface area contributed by atoms with Crippen molar-refractivity contribution in [2.75, 3.05) is 0 Å². The van der Waals surface area contributed by atoms with Crippen LogP contribution in [0.25, 0.3) is 0 Å². The van der Waals surface area contributed by atoms with Crippen molar-refractivity contribution in [1.29, 1.82) is 0 Å². The van der Waals surface area contributed by atoms with Crippen LogP contribution in [0.2, 0.25) is 0 Å². The number of benzene rings is 2. The molecule has 1 aliphatic heterocycles. The summed E-state index contributed by atoms with van der Waals surface area (Å²) in [6.07, 6.45) is 0. The number of hydrogen-bond acceptors (Lipinski definition) is 5. The van der Waals surface area contributed by atoms with Crippen LogP contribution in [0.15, 0.2) is 60.2 Å². The van der Waals surface area contributed by atoms with E-state index in [0.29, 0.717) is 6.07 Å². The molecule has 8 heteroatoms. The molecule has 0 bridgehead atoms. The van der Waals surface area contributed by atoms with Crippen LogP contribution in [-0.4, -0.2) is 17.7 Å². The quantitative estimate of drug-likeness (QED) is 0.816. The van der Waals surface area contributed by atoms with Crippen LogP contribution >= 0.6 is 0 Å². The molecule has 0 aromatic heterocycles. The zero-order chi connectivity index (χ0) is 20.5. The summed E-state index contributed by atoms with van der Waals surface area (Å²) in [6, 6.07) is 10.6. The Balaban J connectivity index is 1.98. The second-order valence-corrected chi connectivity index (χ2v) is 6.16. The standard InChI is InChI=1S/C20H15F2NO5/c1-11(24)27-16-17(25)20(2,14-9-8-13(21)10-15(14)22)28-19(16)23-18(26)12-6-4-3-5-7-12/h3-10H,1-2H3,(H,23,26). The number of carbonyl (C=O) groups excluding carboxylic acids is 3. The van der Waals surface area contributed by atoms with E-state index in [1.54, 1.807) is 18.2 Å². The largest absolute Gasteiger partial charge is 0.456 e. The second kappa shape index (κ2) is 7.22. The maximum absolute atomic E-state index is 14.3. The second-order valence-electron chi connectivity index (χ2n) is 6.16. The summed E-state index contributed by atoms with van der Waals surface area (Å²) in [5.41, 5.74) is -1.97. The molecule has 0 radical (unpaired) electrons. The van der Waals surface area contributed by atoms with Gasteiger partial charge in [-0.3, -0.25) is 19.7 Å². The lowest BCUT2D eigenvalue weighted by Gasteiger charge is -2.24. The van der Waals surface area contributed by atoms with Gasteiger partial charge in [0.1, 0.15) is 11.6 Å². The number of ether oxygens (including phenoxy) is 2. The summed E-state index contributed by atoms with van der Waals surface area (Å²) in [4.78, 5) is 36.7. The van der Waals surface area contributed by atoms with Crippen molar-refractivity contribution in [2.24, 2.45) is 0 Å². The minimum atomic E-state index is -1.96. The molecule has 3 rings (SSSR count). The van der Waals surface area contributed by atoms with Crippen molar-refractivity contribution in [3.05, 3.63) is 82.9 Å². The molecule has 0 saturated heterocycles. The van der Waals surface area contributed by atoms with Crippen molar-refractivity contribution in [2.45, 2.75) is 19.4 Å². The third kappa shape index (κ3) is 3.48. The molecule has 6 nitrogen and oxygen atoms in total. The Morgan fingerprint density at radius 3 is 2.39 bits per heavy atom. The average Bonchev–Trinajstić information content (AvgIpc) is 2.87. The Morgan fingerprint density at radius 1 is 1.11 bits per heavy atom. The molecule has 2 aromatic carbocycles. The molecular formula is C20H15F2NO5. The first-order valence-electron chi connectivity index (χ1n) is 8.21. The molecular weight excluding hydrogens is 372 g/mol. The van der Waals surface area contributed by atoms with Crippen LogP contribution in [0.1, 0.15) is 29.8 Å². The van der Waals surface area contributed by atoms with Crippen LogP contribution in [0, 0.1) is 11.6 Å². The van der Waals surface area contributed by atoms with E-state index in [4.69, 9.17) is 9.47 Å². The number of halogens is 2. The van der Waals surface area contributed by atoms with Crippen molar-refractivity contribution >= 4 is 17.7 Å². The highest BCUT2D eigenvalue weighted by atomic mass is 19.1. The fourth-order valence-electron chi connectivity index (χ4n) is 2.75. The molecule has 0 aliphatic carbocycles. The predicted molar refractivity (Wildman–Crippen MR) is 92.5 cm³/mol. The molecule has 0 fully saturated rings. The number of carbonyl (C=O) groups is 3. The fourth-order valence-corrected chi connectivity index (χ4v) is 2.75. The summed E-state index contributed by atoms with van der Waals surface area (Å²) in [7, 11) is 0. The molecule has 1 atom stereocenters. The van der Waals surface area contributed by atoms with Gasteiger partial charge in [0.15, 0.2) is 0 Å². The van der Waals surface area contributed by atoms with Gasteiger partial charge < -0.3 is 9.47 Å². The first-order chi connectivity index (χ1) is 13.2. The molecule has 0 spiro atoms. The SMILES string of the molecule is CC(=O)OC1=C(NC(=O)c2ccccc2)OC(C)(c2ccc(F)cc2F)C1=O. The van der Waals surface area contributed by atoms with Crippen LogP contribution in [0.4, 0.5) is 8.78 Å². The Kier molecular flexibility index (Phi) is 4.96. The van der Waals surface area contributed by atoms with Gasteiger partial charge in [-0.1, -0.05) is 18.2 Å². The maximum atomic E-state index is 14.3. The number of esters is 1. The predicted octanol–water partition coefficient (Wildman–Crippen LogP) is 2.94. The third-order valence-corrected chi connectivity index (χ3v) is 4.11.